The molecule has 3 aromatic rings. The molecule has 0 saturated heterocycles. The zero-order valence-corrected chi connectivity index (χ0v) is 19.7. The van der Waals surface area contributed by atoms with Gasteiger partial charge in [-0.1, -0.05) is 32.9 Å². The van der Waals surface area contributed by atoms with E-state index in [9.17, 15) is 14.4 Å². The highest BCUT2D eigenvalue weighted by atomic mass is 16.7. The number of anilines is 2. The molecule has 0 bridgehead atoms. The number of ether oxygens (including phenoxy) is 2. The highest BCUT2D eigenvalue weighted by Crippen LogP contribution is 2.23. The fourth-order valence-electron chi connectivity index (χ4n) is 3.08. The van der Waals surface area contributed by atoms with Crippen molar-refractivity contribution in [3.05, 3.63) is 89.5 Å². The molecule has 0 aromatic heterocycles. The Morgan fingerprint density at radius 3 is 1.56 bits per heavy atom. The van der Waals surface area contributed by atoms with Gasteiger partial charge >= 0.3 is 6.16 Å². The molecule has 2 amide bonds. The summed E-state index contributed by atoms with van der Waals surface area (Å²) in [5.74, 6) is -0.246. The van der Waals surface area contributed by atoms with Crippen LogP contribution in [0.25, 0.3) is 0 Å². The van der Waals surface area contributed by atoms with E-state index in [0.717, 1.165) is 5.56 Å². The van der Waals surface area contributed by atoms with Crippen molar-refractivity contribution in [3.63, 3.8) is 0 Å². The summed E-state index contributed by atoms with van der Waals surface area (Å²) < 4.78 is 9.69. The van der Waals surface area contributed by atoms with Crippen LogP contribution in [-0.4, -0.2) is 24.6 Å². The summed E-state index contributed by atoms with van der Waals surface area (Å²) >= 11 is 0. The van der Waals surface area contributed by atoms with Gasteiger partial charge in [-0.3, -0.25) is 9.59 Å². The maximum absolute atomic E-state index is 12.5. The van der Waals surface area contributed by atoms with Gasteiger partial charge in [0.2, 0.25) is 0 Å². The quantitative estimate of drug-likeness (QED) is 0.346. The van der Waals surface area contributed by atoms with E-state index < -0.39 is 6.16 Å². The Hall–Kier alpha value is -4.13. The Labute approximate surface area is 199 Å². The molecule has 7 nitrogen and oxygen atoms in total. The molecule has 0 fully saturated rings. The van der Waals surface area contributed by atoms with Gasteiger partial charge in [-0.15, -0.1) is 0 Å². The minimum absolute atomic E-state index is 0.0216. The minimum Gasteiger partial charge on any atom is -0.434 e. The first-order valence-electron chi connectivity index (χ1n) is 10.9. The summed E-state index contributed by atoms with van der Waals surface area (Å²) in [7, 11) is 0. The van der Waals surface area contributed by atoms with Crippen LogP contribution in [0.1, 0.15) is 54.0 Å². The van der Waals surface area contributed by atoms with Gasteiger partial charge in [-0.05, 0) is 78.6 Å². The van der Waals surface area contributed by atoms with Gasteiger partial charge in [0.25, 0.3) is 11.8 Å². The Morgan fingerprint density at radius 1 is 0.706 bits per heavy atom. The largest absolute Gasteiger partial charge is 0.513 e. The summed E-state index contributed by atoms with van der Waals surface area (Å²) in [6.07, 6.45) is -0.797. The number of hydrogen-bond acceptors (Lipinski definition) is 5. The molecule has 3 aromatic carbocycles. The molecule has 34 heavy (non-hydrogen) atoms. The van der Waals surface area contributed by atoms with Crippen LogP contribution < -0.4 is 15.4 Å². The lowest BCUT2D eigenvalue weighted by atomic mass is 9.87. The van der Waals surface area contributed by atoms with Crippen LogP contribution in [0.4, 0.5) is 16.2 Å². The van der Waals surface area contributed by atoms with Gasteiger partial charge < -0.3 is 20.1 Å². The summed E-state index contributed by atoms with van der Waals surface area (Å²) in [5, 5.41) is 5.64. The molecular formula is C27H28N2O5. The number of rotatable bonds is 6. The molecule has 0 aliphatic rings. The molecule has 0 unspecified atom stereocenters. The average Bonchev–Trinajstić information content (AvgIpc) is 2.80. The number of hydrogen-bond donors (Lipinski definition) is 2. The number of amides is 2. The van der Waals surface area contributed by atoms with Gasteiger partial charge in [0, 0.05) is 22.5 Å². The molecule has 3 rings (SSSR count). The molecular weight excluding hydrogens is 432 g/mol. The van der Waals surface area contributed by atoms with Crippen molar-refractivity contribution in [2.45, 2.75) is 33.1 Å². The van der Waals surface area contributed by atoms with Crippen molar-refractivity contribution < 1.29 is 23.9 Å². The molecule has 0 heterocycles. The zero-order valence-electron chi connectivity index (χ0n) is 19.7. The van der Waals surface area contributed by atoms with Gasteiger partial charge in [-0.2, -0.15) is 0 Å². The summed E-state index contributed by atoms with van der Waals surface area (Å²) in [6.45, 7) is 8.27. The normalized spacial score (nSPS) is 10.8. The van der Waals surface area contributed by atoms with Crippen molar-refractivity contribution in [1.29, 1.82) is 0 Å². The lowest BCUT2D eigenvalue weighted by Gasteiger charge is -2.19. The molecule has 0 aliphatic heterocycles. The van der Waals surface area contributed by atoms with Gasteiger partial charge in [-0.25, -0.2) is 4.79 Å². The predicted molar refractivity (Wildman–Crippen MR) is 132 cm³/mol. The third kappa shape index (κ3) is 6.68. The third-order valence-corrected chi connectivity index (χ3v) is 4.99. The number of carbonyl (C=O) groups is 3. The van der Waals surface area contributed by atoms with E-state index in [1.165, 1.54) is 12.1 Å². The number of benzene rings is 3. The van der Waals surface area contributed by atoms with Crippen LogP contribution in [0.3, 0.4) is 0 Å². The molecule has 176 valence electrons. The van der Waals surface area contributed by atoms with Crippen molar-refractivity contribution in [3.8, 4) is 5.75 Å². The van der Waals surface area contributed by atoms with E-state index in [-0.39, 0.29) is 29.6 Å². The molecule has 0 spiro atoms. The van der Waals surface area contributed by atoms with Crippen LogP contribution in [0, 0.1) is 0 Å². The number of nitrogens with one attached hydrogen (secondary N) is 2. The number of carbonyl (C=O) groups excluding carboxylic acids is 3. The lowest BCUT2D eigenvalue weighted by molar-refractivity contribution is 0.101. The van der Waals surface area contributed by atoms with Crippen molar-refractivity contribution in [2.24, 2.45) is 0 Å². The van der Waals surface area contributed by atoms with Crippen LogP contribution in [0.2, 0.25) is 0 Å². The van der Waals surface area contributed by atoms with Crippen molar-refractivity contribution in [2.75, 3.05) is 17.2 Å². The first-order valence-corrected chi connectivity index (χ1v) is 10.9. The van der Waals surface area contributed by atoms with Crippen LogP contribution >= 0.6 is 0 Å². The van der Waals surface area contributed by atoms with E-state index in [1.54, 1.807) is 43.3 Å². The second-order valence-corrected chi connectivity index (χ2v) is 8.62. The Kier molecular flexibility index (Phi) is 7.68. The predicted octanol–water partition coefficient (Wildman–Crippen LogP) is 6.02. The van der Waals surface area contributed by atoms with Crippen LogP contribution in [0.15, 0.2) is 72.8 Å². The Morgan fingerprint density at radius 2 is 1.15 bits per heavy atom. The fraction of sp³-hybridized carbons (Fsp3) is 0.222. The summed E-state index contributed by atoms with van der Waals surface area (Å²) in [6, 6.07) is 20.5. The monoisotopic (exact) mass is 460 g/mol. The first kappa shape index (κ1) is 24.5. The Bertz CT molecular complexity index is 1150. The molecule has 0 radical (unpaired) electrons. The first-order chi connectivity index (χ1) is 16.2. The van der Waals surface area contributed by atoms with Crippen LogP contribution in [0.5, 0.6) is 5.75 Å². The lowest BCUT2D eigenvalue weighted by Crippen LogP contribution is -2.14. The smallest absolute Gasteiger partial charge is 0.434 e. The van der Waals surface area contributed by atoms with E-state index in [2.05, 4.69) is 31.4 Å². The summed E-state index contributed by atoms with van der Waals surface area (Å²) in [5.41, 5.74) is 3.33. The second-order valence-electron chi connectivity index (χ2n) is 8.62. The van der Waals surface area contributed by atoms with E-state index in [4.69, 9.17) is 9.47 Å². The van der Waals surface area contributed by atoms with E-state index in [0.29, 0.717) is 22.5 Å². The Balaban J connectivity index is 1.56. The zero-order chi connectivity index (χ0) is 24.7. The van der Waals surface area contributed by atoms with E-state index in [1.807, 2.05) is 24.3 Å². The molecule has 0 atom stereocenters. The molecule has 0 aliphatic carbocycles. The standard InChI is InChI=1S/C27H28N2O5/c1-5-33-26(32)34-23-16-8-19(9-17-23)25(31)29-22-14-12-21(13-15-22)28-24(30)18-6-10-20(11-7-18)27(2,3)4/h6-17H,5H2,1-4H3,(H,28,30)(H,29,31). The van der Waals surface area contributed by atoms with E-state index >= 15 is 0 Å². The second kappa shape index (κ2) is 10.7. The highest BCUT2D eigenvalue weighted by molar-refractivity contribution is 6.05. The molecule has 0 saturated carbocycles. The SMILES string of the molecule is CCOC(=O)Oc1ccc(C(=O)Nc2ccc(NC(=O)c3ccc(C(C)(C)C)cc3)cc2)cc1. The van der Waals surface area contributed by atoms with Crippen molar-refractivity contribution in [1.82, 2.24) is 0 Å². The molecule has 2 N–H and O–H groups in total. The topological polar surface area (TPSA) is 93.7 Å². The van der Waals surface area contributed by atoms with Gasteiger partial charge in [0.05, 0.1) is 6.61 Å². The molecule has 7 heteroatoms. The third-order valence-electron chi connectivity index (χ3n) is 4.99. The van der Waals surface area contributed by atoms with Gasteiger partial charge in [0.1, 0.15) is 5.75 Å². The fourth-order valence-corrected chi connectivity index (χ4v) is 3.08. The maximum Gasteiger partial charge on any atom is 0.513 e. The highest BCUT2D eigenvalue weighted by Gasteiger charge is 2.14. The minimum atomic E-state index is -0.797. The van der Waals surface area contributed by atoms with Crippen molar-refractivity contribution >= 4 is 29.3 Å². The summed E-state index contributed by atoms with van der Waals surface area (Å²) in [4.78, 5) is 36.4. The van der Waals surface area contributed by atoms with Gasteiger partial charge in [0.15, 0.2) is 0 Å². The average molecular weight is 461 g/mol. The maximum atomic E-state index is 12.5. The van der Waals surface area contributed by atoms with Crippen LogP contribution in [-0.2, 0) is 10.2 Å².